The van der Waals surface area contributed by atoms with E-state index in [1.54, 1.807) is 24.3 Å². The van der Waals surface area contributed by atoms with E-state index in [0.717, 1.165) is 5.56 Å². The van der Waals surface area contributed by atoms with Crippen LogP contribution in [0, 0.1) is 0 Å². The number of hydrogen-bond acceptors (Lipinski definition) is 5. The number of urea groups is 1. The van der Waals surface area contributed by atoms with Crippen LogP contribution in [-0.4, -0.2) is 28.0 Å². The van der Waals surface area contributed by atoms with Crippen LogP contribution in [0.25, 0.3) is 0 Å². The minimum Gasteiger partial charge on any atom is -0.489 e. The van der Waals surface area contributed by atoms with Gasteiger partial charge in [-0.1, -0.05) is 43.7 Å². The molecule has 1 atom stereocenters. The Morgan fingerprint density at radius 2 is 1.75 bits per heavy atom. The summed E-state index contributed by atoms with van der Waals surface area (Å²) in [6, 6.07) is 15.5. The predicted octanol–water partition coefficient (Wildman–Crippen LogP) is 3.28. The fourth-order valence-electron chi connectivity index (χ4n) is 2.28. The average molecular weight is 388 g/mol. The first-order chi connectivity index (χ1) is 13.4. The number of carboxylic acids is 1. The number of rotatable bonds is 10. The van der Waals surface area contributed by atoms with E-state index in [4.69, 9.17) is 14.7 Å². The first kappa shape index (κ1) is 21.2. The van der Waals surface area contributed by atoms with E-state index in [2.05, 4.69) is 5.32 Å². The average Bonchev–Trinajstić information content (AvgIpc) is 2.71. The predicted molar refractivity (Wildman–Crippen MR) is 103 cm³/mol. The lowest BCUT2D eigenvalue weighted by Crippen LogP contribution is -2.47. The highest BCUT2D eigenvalue weighted by atomic mass is 16.8. The molecule has 0 aromatic heterocycles. The molecule has 2 aromatic rings. The van der Waals surface area contributed by atoms with Crippen molar-refractivity contribution in [3.05, 3.63) is 60.2 Å². The summed E-state index contributed by atoms with van der Waals surface area (Å²) in [4.78, 5) is 27.7. The second kappa shape index (κ2) is 10.3. The lowest BCUT2D eigenvalue weighted by Gasteiger charge is -2.22. The van der Waals surface area contributed by atoms with Gasteiger partial charge in [0, 0.05) is 12.1 Å². The van der Waals surface area contributed by atoms with Gasteiger partial charge >= 0.3 is 12.0 Å². The Labute approximate surface area is 163 Å². The van der Waals surface area contributed by atoms with Gasteiger partial charge in [-0.2, -0.15) is 0 Å². The van der Waals surface area contributed by atoms with Gasteiger partial charge in [0.15, 0.2) is 0 Å². The molecule has 0 unspecified atom stereocenters. The van der Waals surface area contributed by atoms with Crippen molar-refractivity contribution in [3.8, 4) is 5.75 Å². The zero-order chi connectivity index (χ0) is 20.4. The Kier molecular flexibility index (Phi) is 7.79. The summed E-state index contributed by atoms with van der Waals surface area (Å²) < 4.78 is 5.66. The van der Waals surface area contributed by atoms with Crippen molar-refractivity contribution in [2.45, 2.75) is 38.6 Å². The SMILES string of the molecule is CCCC[C@](O)(ONC(=O)Nc1ccc(OCc2ccccc2)cc1)C(=O)O. The molecule has 0 aliphatic heterocycles. The minimum absolute atomic E-state index is 0.146. The van der Waals surface area contributed by atoms with E-state index in [0.29, 0.717) is 30.9 Å². The second-order valence-corrected chi connectivity index (χ2v) is 6.15. The molecule has 0 bridgehead atoms. The van der Waals surface area contributed by atoms with Crippen molar-refractivity contribution in [3.63, 3.8) is 0 Å². The Bertz CT molecular complexity index is 766. The molecule has 0 spiro atoms. The zero-order valence-corrected chi connectivity index (χ0v) is 15.6. The number of aliphatic hydroxyl groups is 1. The molecule has 0 aliphatic rings. The highest BCUT2D eigenvalue weighted by molar-refractivity contribution is 5.88. The Hall–Kier alpha value is -3.10. The number of nitrogens with one attached hydrogen (secondary N) is 2. The topological polar surface area (TPSA) is 117 Å². The molecule has 2 rings (SSSR count). The standard InChI is InChI=1S/C20H24N2O6/c1-2-3-13-20(26,18(23)24)28-22-19(25)21-16-9-11-17(12-10-16)27-14-15-7-5-4-6-8-15/h4-12,26H,2-3,13-14H2,1H3,(H,23,24)(H2,21,22,25)/t20-/m0/s1. The van der Waals surface area contributed by atoms with Crippen LogP contribution in [0.4, 0.5) is 10.5 Å². The van der Waals surface area contributed by atoms with Crippen molar-refractivity contribution in [2.24, 2.45) is 0 Å². The van der Waals surface area contributed by atoms with Crippen molar-refractivity contribution in [1.29, 1.82) is 0 Å². The van der Waals surface area contributed by atoms with Crippen LogP contribution >= 0.6 is 0 Å². The largest absolute Gasteiger partial charge is 0.489 e. The molecule has 0 saturated carbocycles. The summed E-state index contributed by atoms with van der Waals surface area (Å²) in [6.45, 7) is 2.27. The number of carbonyl (C=O) groups excluding carboxylic acids is 1. The van der Waals surface area contributed by atoms with E-state index >= 15 is 0 Å². The monoisotopic (exact) mass is 388 g/mol. The molecule has 2 aromatic carbocycles. The van der Waals surface area contributed by atoms with E-state index < -0.39 is 17.8 Å². The Morgan fingerprint density at radius 3 is 2.36 bits per heavy atom. The van der Waals surface area contributed by atoms with Gasteiger partial charge in [0.1, 0.15) is 12.4 Å². The minimum atomic E-state index is -2.47. The first-order valence-electron chi connectivity index (χ1n) is 8.90. The number of hydrogen-bond donors (Lipinski definition) is 4. The van der Waals surface area contributed by atoms with Crippen molar-refractivity contribution in [2.75, 3.05) is 5.32 Å². The van der Waals surface area contributed by atoms with E-state index in [1.165, 1.54) is 0 Å². The van der Waals surface area contributed by atoms with Crippen LogP contribution in [0.1, 0.15) is 31.7 Å². The highest BCUT2D eigenvalue weighted by Crippen LogP contribution is 2.18. The molecule has 0 radical (unpaired) electrons. The lowest BCUT2D eigenvalue weighted by atomic mass is 10.1. The maximum Gasteiger partial charge on any atom is 0.366 e. The number of unbranched alkanes of at least 4 members (excludes halogenated alkanes) is 1. The number of amides is 2. The quantitative estimate of drug-likeness (QED) is 0.367. The summed E-state index contributed by atoms with van der Waals surface area (Å²) in [5.74, 6) is -3.41. The maximum absolute atomic E-state index is 11.9. The van der Waals surface area contributed by atoms with Crippen molar-refractivity contribution < 1.29 is 29.4 Å². The van der Waals surface area contributed by atoms with E-state index in [9.17, 15) is 14.7 Å². The number of anilines is 1. The van der Waals surface area contributed by atoms with Gasteiger partial charge in [-0.25, -0.2) is 19.9 Å². The van der Waals surface area contributed by atoms with Crippen LogP contribution < -0.4 is 15.5 Å². The van der Waals surface area contributed by atoms with Gasteiger partial charge in [-0.05, 0) is 36.2 Å². The fourth-order valence-corrected chi connectivity index (χ4v) is 2.28. The Morgan fingerprint density at radius 1 is 1.07 bits per heavy atom. The smallest absolute Gasteiger partial charge is 0.366 e. The van der Waals surface area contributed by atoms with Crippen LogP contribution in [0.15, 0.2) is 54.6 Å². The van der Waals surface area contributed by atoms with Crippen molar-refractivity contribution >= 4 is 17.7 Å². The first-order valence-corrected chi connectivity index (χ1v) is 8.90. The molecule has 2 amide bonds. The second-order valence-electron chi connectivity index (χ2n) is 6.15. The van der Waals surface area contributed by atoms with Crippen LogP contribution in [0.3, 0.4) is 0 Å². The third-order valence-corrected chi connectivity index (χ3v) is 3.88. The number of ether oxygens (including phenoxy) is 1. The van der Waals surface area contributed by atoms with Crippen LogP contribution in [-0.2, 0) is 16.2 Å². The third-order valence-electron chi connectivity index (χ3n) is 3.88. The van der Waals surface area contributed by atoms with Crippen LogP contribution in [0.2, 0.25) is 0 Å². The molecule has 4 N–H and O–H groups in total. The molecule has 0 aliphatic carbocycles. The molecular formula is C20H24N2O6. The summed E-state index contributed by atoms with van der Waals surface area (Å²) in [7, 11) is 0. The molecule has 0 heterocycles. The van der Waals surface area contributed by atoms with Crippen molar-refractivity contribution in [1.82, 2.24) is 5.48 Å². The molecule has 8 heteroatoms. The third kappa shape index (κ3) is 6.57. The summed E-state index contributed by atoms with van der Waals surface area (Å²) in [5, 5.41) is 21.5. The number of aliphatic carboxylic acids is 1. The van der Waals surface area contributed by atoms with Gasteiger partial charge in [-0.3, -0.25) is 0 Å². The van der Waals surface area contributed by atoms with Gasteiger partial charge in [0.2, 0.25) is 0 Å². The fraction of sp³-hybridized carbons (Fsp3) is 0.300. The summed E-state index contributed by atoms with van der Waals surface area (Å²) >= 11 is 0. The molecule has 150 valence electrons. The van der Waals surface area contributed by atoms with E-state index in [-0.39, 0.29) is 6.42 Å². The number of hydroxylamine groups is 1. The lowest BCUT2D eigenvalue weighted by molar-refractivity contribution is -0.241. The highest BCUT2D eigenvalue weighted by Gasteiger charge is 2.38. The maximum atomic E-state index is 11.9. The molecule has 8 nitrogen and oxygen atoms in total. The summed E-state index contributed by atoms with van der Waals surface area (Å²) in [5.41, 5.74) is 3.39. The number of carbonyl (C=O) groups is 2. The number of carboxylic acid groups (broad SMARTS) is 1. The van der Waals surface area contributed by atoms with Gasteiger partial charge < -0.3 is 20.3 Å². The molecule has 0 fully saturated rings. The van der Waals surface area contributed by atoms with Gasteiger partial charge in [0.05, 0.1) is 0 Å². The summed E-state index contributed by atoms with van der Waals surface area (Å²) in [6.07, 6.45) is 0.951. The van der Waals surface area contributed by atoms with E-state index in [1.807, 2.05) is 42.7 Å². The molecule has 28 heavy (non-hydrogen) atoms. The molecular weight excluding hydrogens is 364 g/mol. The Balaban J connectivity index is 1.82. The van der Waals surface area contributed by atoms with Gasteiger partial charge in [-0.15, -0.1) is 0 Å². The van der Waals surface area contributed by atoms with Gasteiger partial charge in [0.25, 0.3) is 5.79 Å². The normalized spacial score (nSPS) is 12.6. The molecule has 0 saturated heterocycles. The zero-order valence-electron chi connectivity index (χ0n) is 15.6. The number of benzene rings is 2. The van der Waals surface area contributed by atoms with Crippen LogP contribution in [0.5, 0.6) is 5.75 Å².